The molecule has 0 N–H and O–H groups in total. The topological polar surface area (TPSA) is 63.5 Å². The van der Waals surface area contributed by atoms with Crippen LogP contribution in [0, 0.1) is 22.9 Å². The molecule has 0 bridgehead atoms. The molecule has 2 aromatic heterocycles. The number of rotatable bonds is 6. The van der Waals surface area contributed by atoms with Gasteiger partial charge in [-0.2, -0.15) is 0 Å². The molecule has 0 aliphatic rings. The molecule has 0 radical (unpaired) electrons. The first kappa shape index (κ1) is 18.2. The van der Waals surface area contributed by atoms with Gasteiger partial charge in [-0.25, -0.2) is 4.39 Å². The zero-order chi connectivity index (χ0) is 18.7. The van der Waals surface area contributed by atoms with E-state index in [9.17, 15) is 19.3 Å². The first-order chi connectivity index (χ1) is 12.5. The number of nitrogens with zero attached hydrogens (tertiary/aromatic N) is 2. The Morgan fingerprint density at radius 1 is 1.15 bits per heavy atom. The van der Waals surface area contributed by atoms with Crippen molar-refractivity contribution in [2.75, 3.05) is 0 Å². The fourth-order valence-corrected chi connectivity index (χ4v) is 3.98. The van der Waals surface area contributed by atoms with E-state index in [1.807, 2.05) is 35.0 Å². The lowest BCUT2D eigenvalue weighted by Gasteiger charge is -2.22. The van der Waals surface area contributed by atoms with Crippen molar-refractivity contribution in [2.45, 2.75) is 20.0 Å². The van der Waals surface area contributed by atoms with Gasteiger partial charge in [-0.15, -0.1) is 22.7 Å². The zero-order valence-electron chi connectivity index (χ0n) is 13.8. The van der Waals surface area contributed by atoms with Crippen molar-refractivity contribution < 1.29 is 14.1 Å². The SMILES string of the molecule is Cc1c(F)cc(C(=O)N(Cc2cccs2)Cc2cccs2)cc1[N+](=O)[O-]. The molecule has 5 nitrogen and oxygen atoms in total. The molecule has 1 amide bonds. The molecule has 1 aromatic carbocycles. The van der Waals surface area contributed by atoms with Crippen LogP contribution in [-0.2, 0) is 13.1 Å². The van der Waals surface area contributed by atoms with Gasteiger partial charge in [0.15, 0.2) is 0 Å². The Labute approximate surface area is 157 Å². The van der Waals surface area contributed by atoms with Crippen LogP contribution in [0.5, 0.6) is 0 Å². The van der Waals surface area contributed by atoms with E-state index in [0.29, 0.717) is 13.1 Å². The summed E-state index contributed by atoms with van der Waals surface area (Å²) in [5.41, 5.74) is -0.483. The Hall–Kier alpha value is -2.58. The second-order valence-corrected chi connectivity index (χ2v) is 7.74. The van der Waals surface area contributed by atoms with E-state index in [0.717, 1.165) is 21.9 Å². The van der Waals surface area contributed by atoms with Crippen molar-refractivity contribution in [1.29, 1.82) is 0 Å². The van der Waals surface area contributed by atoms with Crippen LogP contribution in [0.4, 0.5) is 10.1 Å². The summed E-state index contributed by atoms with van der Waals surface area (Å²) in [5.74, 6) is -1.19. The minimum atomic E-state index is -0.755. The summed E-state index contributed by atoms with van der Waals surface area (Å²) in [4.78, 5) is 27.0. The second-order valence-electron chi connectivity index (χ2n) is 5.68. The predicted octanol–water partition coefficient (Wildman–Crippen LogP) is 5.01. The number of hydrogen-bond acceptors (Lipinski definition) is 5. The number of carbonyl (C=O) groups excluding carboxylic acids is 1. The maximum Gasteiger partial charge on any atom is 0.276 e. The number of benzene rings is 1. The van der Waals surface area contributed by atoms with Gasteiger partial charge in [0.05, 0.1) is 23.6 Å². The van der Waals surface area contributed by atoms with Crippen LogP contribution in [0.2, 0.25) is 0 Å². The van der Waals surface area contributed by atoms with Crippen LogP contribution in [0.15, 0.2) is 47.2 Å². The third-order valence-corrected chi connectivity index (χ3v) is 5.62. The van der Waals surface area contributed by atoms with Gasteiger partial charge in [0, 0.05) is 21.4 Å². The molecule has 0 saturated carbocycles. The number of halogens is 1. The van der Waals surface area contributed by atoms with Crippen molar-refractivity contribution in [3.63, 3.8) is 0 Å². The number of hydrogen-bond donors (Lipinski definition) is 0. The molecule has 0 aliphatic heterocycles. The molecule has 0 unspecified atom stereocenters. The Kier molecular flexibility index (Phi) is 5.43. The van der Waals surface area contributed by atoms with E-state index in [-0.39, 0.29) is 16.8 Å². The van der Waals surface area contributed by atoms with E-state index >= 15 is 0 Å². The first-order valence-corrected chi connectivity index (χ1v) is 9.50. The third-order valence-electron chi connectivity index (χ3n) is 3.90. The lowest BCUT2D eigenvalue weighted by atomic mass is 10.1. The minimum Gasteiger partial charge on any atom is -0.328 e. The van der Waals surface area contributed by atoms with Gasteiger partial charge >= 0.3 is 0 Å². The van der Waals surface area contributed by atoms with E-state index in [2.05, 4.69) is 0 Å². The molecule has 3 aromatic rings. The highest BCUT2D eigenvalue weighted by Gasteiger charge is 2.23. The molecule has 3 rings (SSSR count). The Balaban J connectivity index is 1.95. The van der Waals surface area contributed by atoms with Gasteiger partial charge in [0.2, 0.25) is 0 Å². The average Bonchev–Trinajstić information content (AvgIpc) is 3.29. The number of nitro groups is 1. The highest BCUT2D eigenvalue weighted by atomic mass is 32.1. The lowest BCUT2D eigenvalue weighted by Crippen LogP contribution is -2.29. The Morgan fingerprint density at radius 2 is 1.73 bits per heavy atom. The first-order valence-electron chi connectivity index (χ1n) is 7.74. The Bertz CT molecular complexity index is 888. The summed E-state index contributed by atoms with van der Waals surface area (Å²) in [7, 11) is 0. The Morgan fingerprint density at radius 3 is 2.19 bits per heavy atom. The summed E-state index contributed by atoms with van der Waals surface area (Å²) in [6.07, 6.45) is 0. The molecule has 0 aliphatic carbocycles. The van der Waals surface area contributed by atoms with Gasteiger partial charge in [-0.1, -0.05) is 12.1 Å². The largest absolute Gasteiger partial charge is 0.328 e. The van der Waals surface area contributed by atoms with Crippen LogP contribution >= 0.6 is 22.7 Å². The third kappa shape index (κ3) is 3.97. The molecular formula is C18H15FN2O3S2. The fourth-order valence-electron chi connectivity index (χ4n) is 2.54. The monoisotopic (exact) mass is 390 g/mol. The van der Waals surface area contributed by atoms with E-state index in [4.69, 9.17) is 0 Å². The summed E-state index contributed by atoms with van der Waals surface area (Å²) in [5, 5.41) is 15.0. The van der Waals surface area contributed by atoms with Gasteiger partial charge in [0.25, 0.3) is 11.6 Å². The normalized spacial score (nSPS) is 10.7. The van der Waals surface area contributed by atoms with Gasteiger partial charge in [-0.3, -0.25) is 14.9 Å². The highest BCUT2D eigenvalue weighted by molar-refractivity contribution is 7.10. The van der Waals surface area contributed by atoms with E-state index < -0.39 is 16.6 Å². The molecular weight excluding hydrogens is 375 g/mol. The van der Waals surface area contributed by atoms with E-state index in [1.165, 1.54) is 29.6 Å². The molecule has 26 heavy (non-hydrogen) atoms. The van der Waals surface area contributed by atoms with Crippen LogP contribution in [0.3, 0.4) is 0 Å². The second kappa shape index (κ2) is 7.76. The van der Waals surface area contributed by atoms with Gasteiger partial charge in [-0.05, 0) is 35.9 Å². The van der Waals surface area contributed by atoms with Crippen molar-refractivity contribution in [1.82, 2.24) is 4.90 Å². The number of nitro benzene ring substituents is 1. The van der Waals surface area contributed by atoms with Crippen LogP contribution in [0.1, 0.15) is 25.7 Å². The molecule has 134 valence electrons. The predicted molar refractivity (Wildman–Crippen MR) is 100 cm³/mol. The smallest absolute Gasteiger partial charge is 0.276 e. The summed E-state index contributed by atoms with van der Waals surface area (Å²) in [6, 6.07) is 9.83. The number of carbonyl (C=O) groups is 1. The molecule has 0 saturated heterocycles. The minimum absolute atomic E-state index is 0.0205. The highest BCUT2D eigenvalue weighted by Crippen LogP contribution is 2.25. The van der Waals surface area contributed by atoms with Crippen molar-refractivity contribution in [3.8, 4) is 0 Å². The van der Waals surface area contributed by atoms with Crippen LogP contribution in [0.25, 0.3) is 0 Å². The summed E-state index contributed by atoms with van der Waals surface area (Å²) in [6.45, 7) is 2.05. The van der Waals surface area contributed by atoms with Gasteiger partial charge < -0.3 is 4.90 Å². The average molecular weight is 390 g/mol. The number of thiophene rings is 2. The summed E-state index contributed by atoms with van der Waals surface area (Å²) < 4.78 is 14.1. The molecule has 2 heterocycles. The van der Waals surface area contributed by atoms with Gasteiger partial charge in [0.1, 0.15) is 5.82 Å². The lowest BCUT2D eigenvalue weighted by molar-refractivity contribution is -0.385. The maximum absolute atomic E-state index is 14.1. The van der Waals surface area contributed by atoms with Crippen LogP contribution in [-0.4, -0.2) is 15.7 Å². The van der Waals surface area contributed by atoms with Crippen LogP contribution < -0.4 is 0 Å². The molecule has 0 atom stereocenters. The fraction of sp³-hybridized carbons (Fsp3) is 0.167. The van der Waals surface area contributed by atoms with Crippen molar-refractivity contribution in [2.24, 2.45) is 0 Å². The number of amides is 1. The van der Waals surface area contributed by atoms with E-state index in [1.54, 1.807) is 4.90 Å². The zero-order valence-corrected chi connectivity index (χ0v) is 15.5. The van der Waals surface area contributed by atoms with Crippen molar-refractivity contribution in [3.05, 3.63) is 84.0 Å². The molecule has 8 heteroatoms. The maximum atomic E-state index is 14.1. The quantitative estimate of drug-likeness (QED) is 0.439. The summed E-state index contributed by atoms with van der Waals surface area (Å²) >= 11 is 3.03. The standard InChI is InChI=1S/C18H15FN2O3S2/c1-12-16(19)8-13(9-17(12)21(23)24)18(22)20(10-14-4-2-6-25-14)11-15-5-3-7-26-15/h2-9H,10-11H2,1H3. The molecule has 0 fully saturated rings. The van der Waals surface area contributed by atoms with Crippen molar-refractivity contribution >= 4 is 34.3 Å². The molecule has 0 spiro atoms.